The van der Waals surface area contributed by atoms with Crippen LogP contribution < -0.4 is 16.4 Å². The van der Waals surface area contributed by atoms with Crippen molar-refractivity contribution in [2.75, 3.05) is 37.8 Å². The predicted octanol–water partition coefficient (Wildman–Crippen LogP) is 1.67. The van der Waals surface area contributed by atoms with Gasteiger partial charge in [-0.2, -0.15) is 4.31 Å². The number of nitrogens with zero attached hydrogens (tertiary/aromatic N) is 4. The zero-order valence-corrected chi connectivity index (χ0v) is 37.7. The fourth-order valence-electron chi connectivity index (χ4n) is 5.96. The molecule has 8 atom stereocenters. The highest BCUT2D eigenvalue weighted by molar-refractivity contribution is 8.13. The van der Waals surface area contributed by atoms with Crippen LogP contribution in [0.1, 0.15) is 64.3 Å². The maximum atomic E-state index is 12.7. The predicted molar refractivity (Wildman–Crippen MR) is 220 cm³/mol. The van der Waals surface area contributed by atoms with Gasteiger partial charge in [0.15, 0.2) is 22.8 Å². The number of nitrogens with two attached hydrogens (primary N) is 1. The molecule has 0 spiro atoms. The van der Waals surface area contributed by atoms with E-state index in [1.165, 1.54) is 19.4 Å². The van der Waals surface area contributed by atoms with Crippen molar-refractivity contribution >= 4 is 69.1 Å². The first-order valence-electron chi connectivity index (χ1n) is 18.9. The number of thioether (sulfide) groups is 1. The minimum absolute atomic E-state index is 0.0297. The number of carbonyl (C=O) groups is 3. The van der Waals surface area contributed by atoms with Crippen LogP contribution in [0.3, 0.4) is 0 Å². The Balaban J connectivity index is 1.19. The smallest absolute Gasteiger partial charge is 0.386 e. The number of carbonyl (C=O) groups excluding carboxylic acids is 3. The maximum absolute atomic E-state index is 12.7. The van der Waals surface area contributed by atoms with Crippen molar-refractivity contribution in [3.05, 3.63) is 48.0 Å². The van der Waals surface area contributed by atoms with E-state index in [4.69, 9.17) is 19.5 Å². The lowest BCUT2D eigenvalue weighted by molar-refractivity contribution is -0.137. The molecule has 1 aliphatic heterocycles. The van der Waals surface area contributed by atoms with Gasteiger partial charge in [0.25, 0.3) is 0 Å². The first-order chi connectivity index (χ1) is 28.8. The molecule has 24 nitrogen and oxygen atoms in total. The average molecular weight is 956 g/mol. The number of hydrogen-bond acceptors (Lipinski definition) is 18. The molecule has 4 rings (SSSR count). The number of imidazole rings is 1. The summed E-state index contributed by atoms with van der Waals surface area (Å²) in [6.07, 6.45) is -6.00. The lowest BCUT2D eigenvalue weighted by Crippen LogP contribution is -2.46. The number of amides is 2. The van der Waals surface area contributed by atoms with E-state index in [1.807, 2.05) is 31.2 Å². The summed E-state index contributed by atoms with van der Waals surface area (Å²) >= 11 is 1.09. The number of phosphoric acid groups is 3. The normalized spacial score (nSPS) is 21.3. The number of ether oxygens (including phenoxy) is 1. The zero-order valence-electron chi connectivity index (χ0n) is 34.2. The summed E-state index contributed by atoms with van der Waals surface area (Å²) in [5.41, 5.74) is 6.36. The Morgan fingerprint density at radius 2 is 1.65 bits per heavy atom. The van der Waals surface area contributed by atoms with E-state index < -0.39 is 84.6 Å². The first kappa shape index (κ1) is 51.4. The SMILES string of the molecule is CC(C)Cc1ccc(C(C)C(=O)SCCNC(=O)CCNC(=O)[C@H](O)C(C)(C)COP(=O)(O)OP(=O)(O)OC[C@H]2O[C@@H](n3cnc4c(N)ncnc43)[C@H](O)[C@@H]2OP(=O)(O)O)cc1. The highest BCUT2D eigenvalue weighted by Gasteiger charge is 2.50. The summed E-state index contributed by atoms with van der Waals surface area (Å²) in [6, 6.07) is 7.93. The van der Waals surface area contributed by atoms with E-state index in [0.717, 1.165) is 41.0 Å². The second-order valence-corrected chi connectivity index (χ2v) is 20.6. The zero-order chi connectivity index (χ0) is 46.2. The van der Waals surface area contributed by atoms with Crippen molar-refractivity contribution in [2.45, 2.75) is 84.0 Å². The van der Waals surface area contributed by atoms with Crippen LogP contribution in [0.4, 0.5) is 5.82 Å². The van der Waals surface area contributed by atoms with E-state index in [2.05, 4.69) is 48.3 Å². The number of hydrogen-bond donors (Lipinski definition) is 9. The summed E-state index contributed by atoms with van der Waals surface area (Å²) in [5.74, 6) is -0.954. The van der Waals surface area contributed by atoms with E-state index in [-0.39, 0.29) is 47.5 Å². The van der Waals surface area contributed by atoms with Gasteiger partial charge in [-0.15, -0.1) is 0 Å². The van der Waals surface area contributed by atoms with Gasteiger partial charge in [0, 0.05) is 30.7 Å². The van der Waals surface area contributed by atoms with Gasteiger partial charge in [0.05, 0.1) is 25.5 Å². The van der Waals surface area contributed by atoms with Crippen LogP contribution in [0, 0.1) is 11.3 Å². The van der Waals surface area contributed by atoms with Gasteiger partial charge >= 0.3 is 23.5 Å². The molecule has 1 fully saturated rings. The summed E-state index contributed by atoms with van der Waals surface area (Å²) < 4.78 is 62.3. The Kier molecular flexibility index (Phi) is 17.9. The fraction of sp³-hybridized carbons (Fsp3) is 0.588. The molecular weight excluding hydrogens is 903 g/mol. The Labute approximate surface area is 360 Å². The molecule has 1 aromatic carbocycles. The van der Waals surface area contributed by atoms with Gasteiger partial charge in [-0.1, -0.05) is 70.6 Å². The number of nitrogens with one attached hydrogen (secondary N) is 2. The van der Waals surface area contributed by atoms with Crippen LogP contribution >= 0.6 is 35.2 Å². The average Bonchev–Trinajstić information content (AvgIpc) is 3.74. The number of aliphatic hydroxyl groups excluding tert-OH is 2. The molecule has 62 heavy (non-hydrogen) atoms. The molecule has 1 saturated heterocycles. The van der Waals surface area contributed by atoms with Crippen LogP contribution in [0.2, 0.25) is 0 Å². The van der Waals surface area contributed by atoms with Crippen molar-refractivity contribution in [3.63, 3.8) is 0 Å². The number of benzene rings is 1. The number of phosphoric ester groups is 3. The van der Waals surface area contributed by atoms with Crippen LogP contribution in [0.25, 0.3) is 11.2 Å². The van der Waals surface area contributed by atoms with Crippen molar-refractivity contribution in [3.8, 4) is 0 Å². The molecule has 10 N–H and O–H groups in total. The molecule has 0 saturated carbocycles. The van der Waals surface area contributed by atoms with Crippen molar-refractivity contribution in [1.82, 2.24) is 30.2 Å². The first-order valence-corrected chi connectivity index (χ1v) is 24.4. The third kappa shape index (κ3) is 14.9. The van der Waals surface area contributed by atoms with Gasteiger partial charge in [-0.05, 0) is 23.5 Å². The van der Waals surface area contributed by atoms with Crippen molar-refractivity contribution in [1.29, 1.82) is 0 Å². The number of rotatable bonds is 23. The minimum Gasteiger partial charge on any atom is -0.386 e. The second-order valence-electron chi connectivity index (χ2n) is 15.3. The van der Waals surface area contributed by atoms with Crippen LogP contribution in [0.15, 0.2) is 36.9 Å². The van der Waals surface area contributed by atoms with Gasteiger partial charge in [0.1, 0.15) is 36.3 Å². The second kappa shape index (κ2) is 21.6. The standard InChI is InChI=1S/C34H52N7O17P3S/c1-19(2)14-21-6-8-22(9-7-21)20(3)33(46)62-13-12-36-24(42)10-11-37-31(45)28(44)34(4,5)16-55-61(52,53)58-60(50,51)54-15-23-27(57-59(47,48)49)26(43)32(56-23)41-18-40-25-29(35)38-17-39-30(25)41/h6-9,17-20,23,26-28,32,43-44H,10-16H2,1-5H3,(H,36,42)(H,37,45)(H,50,51)(H,52,53)(H2,35,38,39)(H2,47,48,49)/t20?,23-,26-,27-,28+,32-/m1/s1. The number of anilines is 1. The molecule has 0 bridgehead atoms. The summed E-state index contributed by atoms with van der Waals surface area (Å²) in [6.45, 7) is 6.55. The number of aliphatic hydroxyl groups is 2. The number of fused-ring (bicyclic) bond motifs is 1. The monoisotopic (exact) mass is 955 g/mol. The largest absolute Gasteiger partial charge is 0.481 e. The van der Waals surface area contributed by atoms with E-state index in [9.17, 15) is 57.9 Å². The van der Waals surface area contributed by atoms with E-state index >= 15 is 0 Å². The Morgan fingerprint density at radius 1 is 0.984 bits per heavy atom. The minimum atomic E-state index is -5.58. The topological polar surface area (TPSA) is 364 Å². The lowest BCUT2D eigenvalue weighted by Gasteiger charge is -2.30. The summed E-state index contributed by atoms with van der Waals surface area (Å²) in [5, 5.41) is 26.5. The molecule has 2 amide bonds. The lowest BCUT2D eigenvalue weighted by atomic mass is 9.87. The Morgan fingerprint density at radius 3 is 2.29 bits per heavy atom. The third-order valence-electron chi connectivity index (χ3n) is 9.22. The van der Waals surface area contributed by atoms with Crippen molar-refractivity contribution in [2.24, 2.45) is 11.3 Å². The van der Waals surface area contributed by atoms with Gasteiger partial charge in [-0.3, -0.25) is 32.5 Å². The third-order valence-corrected chi connectivity index (χ3v) is 13.4. The fourth-order valence-corrected chi connectivity index (χ4v) is 9.58. The highest BCUT2D eigenvalue weighted by Crippen LogP contribution is 2.61. The Bertz CT molecular complexity index is 2180. The molecule has 0 aliphatic carbocycles. The van der Waals surface area contributed by atoms with Gasteiger partial charge < -0.3 is 50.9 Å². The number of nitrogen functional groups attached to an aromatic ring is 1. The van der Waals surface area contributed by atoms with Crippen LogP contribution in [0.5, 0.6) is 0 Å². The summed E-state index contributed by atoms with van der Waals surface area (Å²) in [7, 11) is -16.4. The molecule has 3 unspecified atom stereocenters. The Hall–Kier alpha value is -3.22. The molecule has 346 valence electrons. The van der Waals surface area contributed by atoms with Crippen LogP contribution in [-0.2, 0) is 57.1 Å². The summed E-state index contributed by atoms with van der Waals surface area (Å²) in [4.78, 5) is 88.8. The highest BCUT2D eigenvalue weighted by atomic mass is 32.2. The van der Waals surface area contributed by atoms with E-state index in [1.54, 1.807) is 0 Å². The molecule has 3 aromatic rings. The molecule has 2 aromatic heterocycles. The molecular formula is C34H52N7O17P3S. The van der Waals surface area contributed by atoms with Gasteiger partial charge in [0.2, 0.25) is 11.8 Å². The quantitative estimate of drug-likeness (QED) is 0.0482. The van der Waals surface area contributed by atoms with E-state index in [0.29, 0.717) is 11.7 Å². The number of aromatic nitrogens is 4. The van der Waals surface area contributed by atoms with Crippen molar-refractivity contribution < 1.29 is 80.5 Å². The molecule has 1 aliphatic rings. The maximum Gasteiger partial charge on any atom is 0.481 e. The molecule has 0 radical (unpaired) electrons. The van der Waals surface area contributed by atoms with Gasteiger partial charge in [-0.25, -0.2) is 28.6 Å². The van der Waals surface area contributed by atoms with Crippen LogP contribution in [-0.4, -0.2) is 123 Å². The molecule has 3 heterocycles. The molecule has 28 heteroatoms.